The second-order valence-electron chi connectivity index (χ2n) is 36.7. The maximum absolute atomic E-state index is 12.6. The number of rotatable bonds is 18. The zero-order valence-electron chi connectivity index (χ0n) is 79.5. The van der Waals surface area contributed by atoms with Crippen molar-refractivity contribution >= 4 is 153 Å². The molecule has 144 heavy (non-hydrogen) atoms. The molecule has 0 aliphatic carbocycles. The number of imide groups is 1. The number of para-hydroxylation sites is 4. The minimum absolute atomic E-state index is 0.0381. The number of aromatic amines is 1. The van der Waals surface area contributed by atoms with Crippen LogP contribution in [0.2, 0.25) is 0 Å². The summed E-state index contributed by atoms with van der Waals surface area (Å²) in [6.45, 7) is 10.2. The fourth-order valence-electron chi connectivity index (χ4n) is 20.0. The first kappa shape index (κ1) is 102. The number of aliphatic hydroxyl groups excluding tert-OH is 1. The van der Waals surface area contributed by atoms with E-state index in [1.54, 1.807) is 129 Å². The molecule has 0 atom stereocenters. The van der Waals surface area contributed by atoms with Crippen LogP contribution in [0.5, 0.6) is 0 Å². The highest BCUT2D eigenvalue weighted by Gasteiger charge is 2.45. The van der Waals surface area contributed by atoms with Crippen molar-refractivity contribution in [2.75, 3.05) is 133 Å². The van der Waals surface area contributed by atoms with E-state index in [1.165, 1.54) is 23.6 Å². The lowest BCUT2D eigenvalue weighted by atomic mass is 9.92. The van der Waals surface area contributed by atoms with Crippen LogP contribution >= 0.6 is 0 Å². The van der Waals surface area contributed by atoms with Crippen LogP contribution in [-0.4, -0.2) is 326 Å². The van der Waals surface area contributed by atoms with Gasteiger partial charge in [-0.05, 0) is 179 Å². The summed E-state index contributed by atoms with van der Waals surface area (Å²) in [5.41, 5.74) is 15.6. The highest BCUT2D eigenvalue weighted by atomic mass is 32.2. The van der Waals surface area contributed by atoms with Crippen LogP contribution in [0.15, 0.2) is 168 Å². The molecular weight excluding hydrogens is 1880 g/mol. The molecule has 758 valence electrons. The largest absolute Gasteiger partial charge is 0.465 e. The Balaban J connectivity index is 0.000000127. The molecule has 7 saturated heterocycles. The molecule has 44 heteroatoms. The number of carbonyl (C=O) groups is 16. The van der Waals surface area contributed by atoms with Gasteiger partial charge in [-0.2, -0.15) is 0 Å². The van der Waals surface area contributed by atoms with Crippen LogP contribution in [0.1, 0.15) is 175 Å². The Kier molecular flexibility index (Phi) is 33.2. The van der Waals surface area contributed by atoms with Gasteiger partial charge in [0.15, 0.2) is 0 Å². The number of likely N-dealkylation sites (tertiary alicyclic amines) is 7. The van der Waals surface area contributed by atoms with Crippen molar-refractivity contribution in [1.29, 1.82) is 0 Å². The second-order valence-corrected chi connectivity index (χ2v) is 38.5. The fourth-order valence-corrected chi connectivity index (χ4v) is 21.7. The first-order valence-electron chi connectivity index (χ1n) is 48.0. The van der Waals surface area contributed by atoms with Crippen LogP contribution in [0.25, 0.3) is 22.1 Å². The minimum Gasteiger partial charge on any atom is -0.465 e. The lowest BCUT2D eigenvalue weighted by Crippen LogP contribution is -2.62. The number of methoxy groups -OCH3 is 1. The summed E-state index contributed by atoms with van der Waals surface area (Å²) >= 11 is 0. The molecule has 7 aromatic carbocycles. The first-order valence-corrected chi connectivity index (χ1v) is 49.5. The zero-order valence-corrected chi connectivity index (χ0v) is 80.3. The molecule has 18 amide bonds. The van der Waals surface area contributed by atoms with Gasteiger partial charge in [0.1, 0.15) is 10.6 Å². The van der Waals surface area contributed by atoms with E-state index in [-0.39, 0.29) is 83.6 Å². The molecule has 12 aliphatic heterocycles. The van der Waals surface area contributed by atoms with Crippen molar-refractivity contribution in [2.24, 2.45) is 5.73 Å². The number of fused-ring (bicyclic) bond motifs is 7. The summed E-state index contributed by atoms with van der Waals surface area (Å²) in [6.07, 6.45) is 18.1. The summed E-state index contributed by atoms with van der Waals surface area (Å²) in [5, 5.41) is 26.1. The summed E-state index contributed by atoms with van der Waals surface area (Å²) < 4.78 is 34.9. The average molecular weight is 1990 g/mol. The van der Waals surface area contributed by atoms with Gasteiger partial charge in [0.05, 0.1) is 76.1 Å². The number of urea groups is 3. The van der Waals surface area contributed by atoms with E-state index in [0.29, 0.717) is 179 Å². The van der Waals surface area contributed by atoms with Gasteiger partial charge in [-0.15, -0.1) is 0 Å². The summed E-state index contributed by atoms with van der Waals surface area (Å²) in [6, 6.07) is 43.6. The highest BCUT2D eigenvalue weighted by Crippen LogP contribution is 2.38. The minimum atomic E-state index is -3.84. The van der Waals surface area contributed by atoms with Crippen molar-refractivity contribution in [3.63, 3.8) is 0 Å². The number of aromatic nitrogens is 4. The number of nitrogens with one attached hydrogen (secondary N) is 7. The Labute approximate surface area is 828 Å². The maximum atomic E-state index is 12.6. The molecule has 0 radical (unpaired) electrons. The average Bonchev–Trinajstić information content (AvgIpc) is 1.61. The normalized spacial score (nSPS) is 18.8. The number of carbonyl (C=O) groups excluding carboxylic acids is 16. The van der Waals surface area contributed by atoms with E-state index >= 15 is 0 Å². The van der Waals surface area contributed by atoms with Crippen molar-refractivity contribution in [3.8, 4) is 0 Å². The Bertz CT molecular complexity index is 6420. The summed E-state index contributed by atoms with van der Waals surface area (Å²) in [4.78, 5) is 220. The van der Waals surface area contributed by atoms with Gasteiger partial charge in [0.2, 0.25) is 50.8 Å². The van der Waals surface area contributed by atoms with Crippen LogP contribution in [0.4, 0.5) is 37.1 Å². The van der Waals surface area contributed by atoms with Gasteiger partial charge in [0.25, 0.3) is 33.7 Å². The van der Waals surface area contributed by atoms with Gasteiger partial charge in [0, 0.05) is 183 Å². The predicted molar refractivity (Wildman–Crippen MR) is 527 cm³/mol. The Morgan fingerprint density at radius 3 is 1.40 bits per heavy atom. The van der Waals surface area contributed by atoms with Crippen molar-refractivity contribution in [3.05, 3.63) is 213 Å². The third kappa shape index (κ3) is 23.5. The van der Waals surface area contributed by atoms with E-state index in [4.69, 9.17) is 10.8 Å². The zero-order chi connectivity index (χ0) is 102. The summed E-state index contributed by atoms with van der Waals surface area (Å²) in [5.74, 6) is -1.68. The number of hydrogen-bond donors (Lipinski definition) is 9. The van der Waals surface area contributed by atoms with E-state index < -0.39 is 39.6 Å². The molecule has 10 N–H and O–H groups in total. The van der Waals surface area contributed by atoms with Gasteiger partial charge in [-0.1, -0.05) is 60.7 Å². The molecule has 0 bridgehead atoms. The lowest BCUT2D eigenvalue weighted by molar-refractivity contribution is -0.120. The molecule has 14 heterocycles. The molecule has 12 aliphatic rings. The van der Waals surface area contributed by atoms with Gasteiger partial charge < -0.3 is 101 Å². The number of esters is 1. The third-order valence-corrected chi connectivity index (χ3v) is 30.0. The molecule has 2 aromatic heterocycles. The second kappa shape index (κ2) is 46.7. The number of aliphatic hydroxyl groups is 1. The van der Waals surface area contributed by atoms with Gasteiger partial charge >= 0.3 is 29.8 Å². The lowest BCUT2D eigenvalue weighted by Gasteiger charge is -2.45. The number of benzene rings is 7. The summed E-state index contributed by atoms with van der Waals surface area (Å²) in [7, 11) is -2.52. The molecule has 7 fully saturated rings. The molecular formula is C100H116N22O21S. The SMILES string of the molecule is COC(=O)c1ccc2c(c1)[nH]c(=O)n2C1CCN(C=O)CC1.NC(=O)c1ccc2c(c1)NC(=O)N(C1CCN(C=O)CC1)C2.O=CN1CCC(N2C(=O)Nc3ccccc3S2(=O)=O)CC1.O=CN1CCC(N2C(=O)c3ccccc3C2=O)CC1.O=CN1CCC(N2Cc3ccc(C(=O)NCCO)cc3NC2=O)CC1.O=CN1CCC(n2cnc3ccccc32)CC1.O=CN1CCC2(CC1)NC(=O)c1ccccc1N2. The number of anilines is 4. The Morgan fingerprint density at radius 1 is 0.458 bits per heavy atom. The van der Waals surface area contributed by atoms with E-state index in [9.17, 15) is 89.9 Å². The highest BCUT2D eigenvalue weighted by molar-refractivity contribution is 7.90. The Morgan fingerprint density at radius 2 is 0.889 bits per heavy atom. The van der Waals surface area contributed by atoms with Crippen LogP contribution in [-0.2, 0) is 61.4 Å². The third-order valence-electron chi connectivity index (χ3n) is 28.1. The quantitative estimate of drug-likeness (QED) is 0.0254. The number of H-pyrrole nitrogens is 1. The van der Waals surface area contributed by atoms with E-state index in [2.05, 4.69) is 57.2 Å². The molecule has 9 aromatic rings. The molecule has 21 rings (SSSR count). The van der Waals surface area contributed by atoms with Crippen molar-refractivity contribution in [2.45, 2.75) is 150 Å². The number of nitrogens with two attached hydrogens (primary N) is 1. The van der Waals surface area contributed by atoms with Gasteiger partial charge in [-0.25, -0.2) is 41.7 Å². The van der Waals surface area contributed by atoms with Gasteiger partial charge in [-0.3, -0.25) is 67.0 Å². The number of amides is 18. The topological polar surface area (TPSA) is 526 Å². The Hall–Kier alpha value is -15.9. The molecule has 0 saturated carbocycles. The number of ether oxygens (including phenoxy) is 1. The predicted octanol–water partition coefficient (Wildman–Crippen LogP) is 6.41. The maximum Gasteiger partial charge on any atom is 0.337 e. The number of primary amides is 1. The van der Waals surface area contributed by atoms with Crippen molar-refractivity contribution < 1.29 is 95.0 Å². The number of hydrogen-bond acceptors (Lipinski definition) is 23. The van der Waals surface area contributed by atoms with Crippen LogP contribution in [0.3, 0.4) is 0 Å². The number of imidazole rings is 2. The van der Waals surface area contributed by atoms with E-state index in [0.717, 1.165) is 154 Å². The number of sulfonamides is 1. The first-order chi connectivity index (χ1) is 69.7. The van der Waals surface area contributed by atoms with Crippen LogP contribution < -0.4 is 43.3 Å². The van der Waals surface area contributed by atoms with E-state index in [1.807, 2.05) is 65.8 Å². The fraction of sp³-hybridized carbons (Fsp3) is 0.400. The van der Waals surface area contributed by atoms with Crippen molar-refractivity contribution in [1.82, 2.24) is 83.0 Å². The number of piperidine rings is 7. The monoisotopic (exact) mass is 1990 g/mol. The number of nitrogens with zero attached hydrogens (tertiary/aromatic N) is 14. The molecule has 0 unspecified atom stereocenters. The molecule has 1 spiro atoms. The van der Waals surface area contributed by atoms with Crippen LogP contribution in [0, 0.1) is 0 Å². The smallest absolute Gasteiger partial charge is 0.337 e. The molecule has 43 nitrogen and oxygen atoms in total. The standard InChI is InChI=1S/C17H22N4O4.C15H18N4O3.C15H17N3O4.C14H14N2O3.C13H15N3O4S.C13H15N3O2.C13H15N3O/c22-8-5-18-16(24)12-1-2-13-10-21(17(25)19-15(13)9-12)14-3-6-20(11-23)7-4-14;16-14(21)10-1-2-11-8-19(15(22)17-13(11)7-10)12-3-5-18(9-20)6-4-12;1-22-14(20)10-2-3-13-12(8-10)16-15(21)18(13)11-4-6-17(9-19)7-5-11;17-9-15-7-5-10(6-8-15)16-13(18)11-3-1-2-4-12(11)14(16)19;17-9-15-7-5-10(6-8-15)16-13(18)14-11-3-1-2-4-12(11)21(16,19)20;17-9-16-7-5-13(6-8-16)14-11-4-2-1-3-10(11)12(18)15-13;17-10-15-7-5-11(6-8-15)16-9-14-12-3-1-2-4-13(12)16/h1-2,9,11,14,22H,3-8,10H2,(H,18,24)(H,19,25);1-2,7,9,12H,3-6,8H2,(H2,16,21)(H,17,22);2-3,8-9,11H,4-7H2,1H3,(H,16,21);1-4,9-10H,5-8H2;1-4,9-10H,5-8H2,(H,14,18);1-4,9,14H,5-8H2,(H,15,18);1-4,9-11H,5-8H2.